The molecule has 18 nitrogen and oxygen atoms in total. The number of fused-ring (bicyclic) bond motifs is 1. The van der Waals surface area contributed by atoms with E-state index in [2.05, 4.69) is 25.3 Å². The summed E-state index contributed by atoms with van der Waals surface area (Å²) in [5.41, 5.74) is 2.34. The topological polar surface area (TPSA) is 246 Å². The Labute approximate surface area is 256 Å². The highest BCUT2D eigenvalue weighted by Gasteiger charge is 2.48. The summed E-state index contributed by atoms with van der Waals surface area (Å²) in [5, 5.41) is 2.23. The minimum absolute atomic E-state index is 0.0202. The minimum Gasteiger partial charge on any atom is -0.466 e. The average Bonchev–Trinajstić information content (AvgIpc) is 2.97. The molecule has 0 spiro atoms. The smallest absolute Gasteiger partial charge is 0.361 e. The second kappa shape index (κ2) is 13.9. The fourth-order valence-electron chi connectivity index (χ4n) is 4.03. The molecule has 45 heavy (non-hydrogen) atoms. The number of carbonyl (C=O) groups excluding carboxylic acids is 4. The van der Waals surface area contributed by atoms with Gasteiger partial charge in [-0.15, -0.1) is 0 Å². The SMILES string of the molecule is COC(=O)C(=CN(C)C)CC(NC(=O)c1ccc(N(C=O)Cc2cnc3nc(N)[nH]c(=O)c3n2)cc1)(OS(C)(=O)=O)C(=O)OC. The van der Waals surface area contributed by atoms with Crippen LogP contribution in [0.3, 0.4) is 0 Å². The second-order valence-electron chi connectivity index (χ2n) is 9.61. The van der Waals surface area contributed by atoms with Gasteiger partial charge in [-0.25, -0.2) is 23.7 Å². The maximum atomic E-state index is 13.3. The van der Waals surface area contributed by atoms with E-state index in [9.17, 15) is 32.4 Å². The zero-order valence-electron chi connectivity index (χ0n) is 24.8. The standard InChI is InChI=1S/C26H30N8O10S/c1-33(2)12-16(23(38)42-3)10-26(24(39)43-4,44-45(5,40)41)32-21(36)15-6-8-18(9-7-15)34(14-35)13-17-11-28-20-19(29-17)22(37)31-25(27)30-20/h6-9,11-12,14H,10,13H2,1-5H3,(H,32,36)(H3,27,28,30,31,37). The molecule has 0 saturated heterocycles. The van der Waals surface area contributed by atoms with Crippen molar-refractivity contribution in [2.45, 2.75) is 18.7 Å². The molecule has 3 rings (SSSR count). The molecule has 2 amide bonds. The number of aromatic amines is 1. The van der Waals surface area contributed by atoms with E-state index in [1.807, 2.05) is 0 Å². The third-order valence-electron chi connectivity index (χ3n) is 5.83. The van der Waals surface area contributed by atoms with Crippen LogP contribution in [0.4, 0.5) is 11.6 Å². The largest absolute Gasteiger partial charge is 0.466 e. The van der Waals surface area contributed by atoms with Crippen LogP contribution in [0.1, 0.15) is 22.5 Å². The molecule has 2 heterocycles. The van der Waals surface area contributed by atoms with Crippen molar-refractivity contribution in [3.63, 3.8) is 0 Å². The number of ether oxygens (including phenoxy) is 2. The molecular formula is C26H30N8O10S. The number of nitrogen functional groups attached to an aromatic ring is 1. The van der Waals surface area contributed by atoms with Crippen LogP contribution in [-0.4, -0.2) is 97.8 Å². The number of nitrogens with one attached hydrogen (secondary N) is 2. The van der Waals surface area contributed by atoms with E-state index in [1.54, 1.807) is 14.1 Å². The molecule has 0 aliphatic heterocycles. The summed E-state index contributed by atoms with van der Waals surface area (Å²) in [6, 6.07) is 5.33. The van der Waals surface area contributed by atoms with Gasteiger partial charge < -0.3 is 30.3 Å². The van der Waals surface area contributed by atoms with Gasteiger partial charge in [0.15, 0.2) is 11.2 Å². The summed E-state index contributed by atoms with van der Waals surface area (Å²) in [6.45, 7) is -0.121. The molecule has 0 fully saturated rings. The summed E-state index contributed by atoms with van der Waals surface area (Å²) in [4.78, 5) is 80.0. The Morgan fingerprint density at radius 1 is 1.11 bits per heavy atom. The lowest BCUT2D eigenvalue weighted by molar-refractivity contribution is -0.161. The fraction of sp³-hybridized carbons (Fsp3) is 0.308. The number of methoxy groups -OCH3 is 2. The number of H-pyrrole nitrogens is 1. The molecule has 0 bridgehead atoms. The van der Waals surface area contributed by atoms with Crippen molar-refractivity contribution in [3.8, 4) is 0 Å². The number of rotatable bonds is 13. The van der Waals surface area contributed by atoms with Gasteiger partial charge in [-0.05, 0) is 24.3 Å². The first-order chi connectivity index (χ1) is 21.1. The summed E-state index contributed by atoms with van der Waals surface area (Å²) in [7, 11) is 0.691. The molecule has 0 radical (unpaired) electrons. The number of nitrogens with two attached hydrogens (primary N) is 1. The third-order valence-corrected chi connectivity index (χ3v) is 6.42. The van der Waals surface area contributed by atoms with E-state index in [0.29, 0.717) is 18.4 Å². The van der Waals surface area contributed by atoms with Crippen LogP contribution in [0.2, 0.25) is 0 Å². The van der Waals surface area contributed by atoms with Gasteiger partial charge in [0.2, 0.25) is 12.4 Å². The van der Waals surface area contributed by atoms with Crippen molar-refractivity contribution < 1.29 is 41.3 Å². The van der Waals surface area contributed by atoms with Crippen molar-refractivity contribution in [1.82, 2.24) is 30.2 Å². The number of benzene rings is 1. The Hall–Kier alpha value is -5.43. The maximum Gasteiger partial charge on any atom is 0.361 e. The van der Waals surface area contributed by atoms with E-state index in [-0.39, 0.29) is 40.5 Å². The van der Waals surface area contributed by atoms with E-state index in [0.717, 1.165) is 14.2 Å². The number of hydrogen-bond donors (Lipinski definition) is 3. The lowest BCUT2D eigenvalue weighted by Gasteiger charge is -2.31. The van der Waals surface area contributed by atoms with Crippen LogP contribution in [-0.2, 0) is 44.7 Å². The van der Waals surface area contributed by atoms with Crippen molar-refractivity contribution in [3.05, 3.63) is 63.8 Å². The molecule has 240 valence electrons. The molecule has 0 aliphatic rings. The summed E-state index contributed by atoms with van der Waals surface area (Å²) in [6.07, 6.45) is 2.91. The second-order valence-corrected chi connectivity index (χ2v) is 11.2. The van der Waals surface area contributed by atoms with Gasteiger partial charge in [0.1, 0.15) is 0 Å². The number of esters is 2. The molecule has 0 saturated carbocycles. The highest BCUT2D eigenvalue weighted by atomic mass is 32.2. The maximum absolute atomic E-state index is 13.3. The van der Waals surface area contributed by atoms with Crippen LogP contribution in [0.15, 0.2) is 47.0 Å². The van der Waals surface area contributed by atoms with Crippen LogP contribution in [0, 0.1) is 0 Å². The van der Waals surface area contributed by atoms with Gasteiger partial charge >= 0.3 is 11.9 Å². The molecule has 1 unspecified atom stereocenters. The fourth-order valence-corrected chi connectivity index (χ4v) is 4.71. The first-order valence-electron chi connectivity index (χ1n) is 12.7. The first-order valence-corrected chi connectivity index (χ1v) is 14.5. The molecule has 19 heteroatoms. The molecule has 3 aromatic rings. The number of carbonyl (C=O) groups is 4. The van der Waals surface area contributed by atoms with Crippen molar-refractivity contribution in [2.24, 2.45) is 0 Å². The van der Waals surface area contributed by atoms with E-state index >= 15 is 0 Å². The van der Waals surface area contributed by atoms with Gasteiger partial charge in [-0.2, -0.15) is 13.4 Å². The van der Waals surface area contributed by atoms with Crippen LogP contribution >= 0.6 is 0 Å². The highest BCUT2D eigenvalue weighted by molar-refractivity contribution is 7.86. The Morgan fingerprint density at radius 2 is 1.78 bits per heavy atom. The zero-order chi connectivity index (χ0) is 33.5. The number of hydrogen-bond acceptors (Lipinski definition) is 15. The van der Waals surface area contributed by atoms with Crippen LogP contribution < -0.4 is 21.5 Å². The van der Waals surface area contributed by atoms with Gasteiger partial charge in [-0.3, -0.25) is 19.4 Å². The molecule has 1 atom stereocenters. The molecule has 0 aliphatic carbocycles. The summed E-state index contributed by atoms with van der Waals surface area (Å²) in [5.74, 6) is -3.38. The van der Waals surface area contributed by atoms with Crippen molar-refractivity contribution in [1.29, 1.82) is 0 Å². The number of anilines is 2. The van der Waals surface area contributed by atoms with Gasteiger partial charge in [0, 0.05) is 38.0 Å². The monoisotopic (exact) mass is 646 g/mol. The Kier molecular flexibility index (Phi) is 10.5. The third kappa shape index (κ3) is 8.57. The van der Waals surface area contributed by atoms with Gasteiger partial charge in [0.25, 0.3) is 27.3 Å². The Balaban J connectivity index is 1.93. The van der Waals surface area contributed by atoms with E-state index < -0.39 is 45.7 Å². The van der Waals surface area contributed by atoms with Crippen molar-refractivity contribution in [2.75, 3.05) is 45.2 Å². The number of nitrogens with zero attached hydrogens (tertiary/aromatic N) is 5. The molecule has 1 aromatic carbocycles. The van der Waals surface area contributed by atoms with Gasteiger partial charge in [0.05, 0.1) is 44.5 Å². The Morgan fingerprint density at radius 3 is 2.33 bits per heavy atom. The first kappa shape index (κ1) is 34.1. The Bertz CT molecular complexity index is 1810. The summed E-state index contributed by atoms with van der Waals surface area (Å²) >= 11 is 0. The van der Waals surface area contributed by atoms with E-state index in [1.165, 1.54) is 46.5 Å². The van der Waals surface area contributed by atoms with Crippen molar-refractivity contribution >= 4 is 57.2 Å². The minimum atomic E-state index is -4.44. The average molecular weight is 647 g/mol. The number of amides is 2. The zero-order valence-corrected chi connectivity index (χ0v) is 25.6. The molecule has 2 aromatic heterocycles. The highest BCUT2D eigenvalue weighted by Crippen LogP contribution is 2.25. The molecule has 4 N–H and O–H groups in total. The normalized spacial score (nSPS) is 13.0. The van der Waals surface area contributed by atoms with E-state index in [4.69, 9.17) is 19.4 Å². The van der Waals surface area contributed by atoms with Crippen LogP contribution in [0.5, 0.6) is 0 Å². The van der Waals surface area contributed by atoms with Gasteiger partial charge in [-0.1, -0.05) is 0 Å². The van der Waals surface area contributed by atoms with Crippen LogP contribution in [0.25, 0.3) is 11.2 Å². The number of aromatic nitrogens is 4. The predicted octanol–water partition coefficient (Wildman–Crippen LogP) is -0.958. The quantitative estimate of drug-likeness (QED) is 0.0665. The molecular weight excluding hydrogens is 616 g/mol. The lowest BCUT2D eigenvalue weighted by atomic mass is 10.0. The predicted molar refractivity (Wildman–Crippen MR) is 158 cm³/mol. The summed E-state index contributed by atoms with van der Waals surface area (Å²) < 4.78 is 39.0. The lowest BCUT2D eigenvalue weighted by Crippen LogP contribution is -2.58.